The maximum absolute atomic E-state index is 12.3. The Bertz CT molecular complexity index is 810. The average molecular weight is 406 g/mol. The SMILES string of the molecule is Cc1cc(C#N)cnc1C(=O)Nc1ccc(N)c(C(=[NH2+])I)c1. The summed E-state index contributed by atoms with van der Waals surface area (Å²) in [5, 5.41) is 17.3. The lowest BCUT2D eigenvalue weighted by atomic mass is 10.1. The Morgan fingerprint density at radius 3 is 2.77 bits per heavy atom. The van der Waals surface area contributed by atoms with Gasteiger partial charge in [-0.1, -0.05) is 0 Å². The standard InChI is InChI=1S/C15H12IN5O/c1-8-4-9(6-17)7-20-13(8)15(22)21-10-2-3-12(18)11(5-10)14(16)19/h2-5,7,19H,18H2,1H3,(H,21,22)/p+1. The molecule has 1 aromatic carbocycles. The molecule has 1 aromatic heterocycles. The summed E-state index contributed by atoms with van der Waals surface area (Å²) >= 11 is 1.97. The number of halogens is 1. The molecule has 0 fully saturated rings. The van der Waals surface area contributed by atoms with Gasteiger partial charge < -0.3 is 11.1 Å². The lowest BCUT2D eigenvalue weighted by Gasteiger charge is -2.09. The number of pyridine rings is 1. The summed E-state index contributed by atoms with van der Waals surface area (Å²) in [5.74, 6) is -0.357. The highest BCUT2D eigenvalue weighted by Crippen LogP contribution is 2.20. The van der Waals surface area contributed by atoms with Crippen molar-refractivity contribution >= 4 is 43.6 Å². The third-order valence-electron chi connectivity index (χ3n) is 2.99. The van der Waals surface area contributed by atoms with E-state index in [0.717, 1.165) is 0 Å². The predicted molar refractivity (Wildman–Crippen MR) is 92.6 cm³/mol. The molecular formula is C15H13IN5O+. The molecule has 0 saturated heterocycles. The van der Waals surface area contributed by atoms with Gasteiger partial charge in [0, 0.05) is 40.2 Å². The van der Waals surface area contributed by atoms with Crippen LogP contribution in [0.3, 0.4) is 0 Å². The molecule has 2 aromatic rings. The quantitative estimate of drug-likeness (QED) is 0.401. The Morgan fingerprint density at radius 2 is 2.18 bits per heavy atom. The number of aromatic nitrogens is 1. The zero-order valence-corrected chi connectivity index (χ0v) is 13.9. The summed E-state index contributed by atoms with van der Waals surface area (Å²) in [6.45, 7) is 1.73. The second-order valence-electron chi connectivity index (χ2n) is 4.61. The summed E-state index contributed by atoms with van der Waals surface area (Å²) in [7, 11) is 0. The van der Waals surface area contributed by atoms with E-state index in [2.05, 4.69) is 10.3 Å². The van der Waals surface area contributed by atoms with Crippen molar-refractivity contribution in [3.8, 4) is 6.07 Å². The number of nitrogen functional groups attached to an aromatic ring is 1. The van der Waals surface area contributed by atoms with Gasteiger partial charge in [-0.15, -0.1) is 0 Å². The van der Waals surface area contributed by atoms with E-state index >= 15 is 0 Å². The van der Waals surface area contributed by atoms with Gasteiger partial charge in [0.25, 0.3) is 5.91 Å². The van der Waals surface area contributed by atoms with Crippen molar-refractivity contribution in [2.24, 2.45) is 0 Å². The normalized spacial score (nSPS) is 9.86. The number of aryl methyl sites for hydroxylation is 1. The van der Waals surface area contributed by atoms with Gasteiger partial charge in [-0.3, -0.25) is 4.79 Å². The lowest BCUT2D eigenvalue weighted by Crippen LogP contribution is -2.36. The van der Waals surface area contributed by atoms with E-state index in [4.69, 9.17) is 16.4 Å². The minimum Gasteiger partial charge on any atom is -0.398 e. The minimum absolute atomic E-state index is 0.267. The summed E-state index contributed by atoms with van der Waals surface area (Å²) in [4.78, 5) is 16.3. The van der Waals surface area contributed by atoms with Crippen LogP contribution in [0.1, 0.15) is 27.2 Å². The van der Waals surface area contributed by atoms with E-state index in [-0.39, 0.29) is 11.6 Å². The van der Waals surface area contributed by atoms with Gasteiger partial charge in [-0.05, 0) is 36.8 Å². The molecule has 0 spiro atoms. The number of benzene rings is 1. The molecule has 5 N–H and O–H groups in total. The number of carbonyl (C=O) groups is 1. The van der Waals surface area contributed by atoms with Crippen LogP contribution in [0.4, 0.5) is 11.4 Å². The number of hydrogen-bond donors (Lipinski definition) is 3. The number of hydrogen-bond acceptors (Lipinski definition) is 4. The van der Waals surface area contributed by atoms with Crippen LogP contribution in [0.25, 0.3) is 0 Å². The van der Waals surface area contributed by atoms with Gasteiger partial charge in [0.05, 0.1) is 11.1 Å². The van der Waals surface area contributed by atoms with Crippen molar-refractivity contribution in [1.29, 1.82) is 5.26 Å². The molecule has 22 heavy (non-hydrogen) atoms. The second-order valence-corrected chi connectivity index (χ2v) is 5.77. The van der Waals surface area contributed by atoms with Gasteiger partial charge in [-0.25, -0.2) is 10.4 Å². The number of carbonyl (C=O) groups excluding carboxylic acids is 1. The van der Waals surface area contributed by atoms with Crippen molar-refractivity contribution in [3.63, 3.8) is 0 Å². The van der Waals surface area contributed by atoms with E-state index < -0.39 is 0 Å². The lowest BCUT2D eigenvalue weighted by molar-refractivity contribution is -0.106. The van der Waals surface area contributed by atoms with Crippen molar-refractivity contribution in [2.75, 3.05) is 11.1 Å². The van der Waals surface area contributed by atoms with Gasteiger partial charge >= 0.3 is 0 Å². The van der Waals surface area contributed by atoms with Crippen molar-refractivity contribution in [1.82, 2.24) is 4.98 Å². The van der Waals surface area contributed by atoms with Crippen LogP contribution in [-0.2, 0) is 0 Å². The minimum atomic E-state index is -0.357. The number of nitrogens with one attached hydrogen (secondary N) is 1. The van der Waals surface area contributed by atoms with Gasteiger partial charge in [-0.2, -0.15) is 5.26 Å². The van der Waals surface area contributed by atoms with Crippen LogP contribution in [-0.4, -0.2) is 14.6 Å². The van der Waals surface area contributed by atoms with Crippen LogP contribution >= 0.6 is 22.6 Å². The Hall–Kier alpha value is -2.47. The number of nitrogens with two attached hydrogens (primary N) is 2. The number of rotatable bonds is 3. The first kappa shape index (κ1) is 15.9. The van der Waals surface area contributed by atoms with Crippen molar-refractivity contribution < 1.29 is 10.2 Å². The van der Waals surface area contributed by atoms with E-state index in [1.807, 2.05) is 28.7 Å². The Kier molecular flexibility index (Phi) is 4.72. The van der Waals surface area contributed by atoms with Crippen LogP contribution in [0.15, 0.2) is 30.5 Å². The van der Waals surface area contributed by atoms with Gasteiger partial charge in [0.2, 0.25) is 3.72 Å². The maximum Gasteiger partial charge on any atom is 0.274 e. The van der Waals surface area contributed by atoms with Crippen molar-refractivity contribution in [2.45, 2.75) is 6.92 Å². The molecule has 0 unspecified atom stereocenters. The molecule has 110 valence electrons. The third-order valence-corrected chi connectivity index (χ3v) is 3.57. The topological polar surface area (TPSA) is 117 Å². The fourth-order valence-corrected chi connectivity index (χ4v) is 2.37. The third kappa shape index (κ3) is 3.40. The molecule has 2 rings (SSSR count). The monoisotopic (exact) mass is 406 g/mol. The molecule has 7 heteroatoms. The highest BCUT2D eigenvalue weighted by molar-refractivity contribution is 14.1. The van der Waals surface area contributed by atoms with Gasteiger partial charge in [0.15, 0.2) is 0 Å². The van der Waals surface area contributed by atoms with Crippen LogP contribution in [0, 0.1) is 18.3 Å². The molecule has 0 aliphatic rings. The largest absolute Gasteiger partial charge is 0.398 e. The highest BCUT2D eigenvalue weighted by atomic mass is 127. The second kappa shape index (κ2) is 6.53. The molecule has 1 amide bonds. The Labute approximate surface area is 141 Å². The van der Waals surface area contributed by atoms with Crippen LogP contribution < -0.4 is 16.5 Å². The fourth-order valence-electron chi connectivity index (χ4n) is 1.90. The first-order valence-corrected chi connectivity index (χ1v) is 7.36. The van der Waals surface area contributed by atoms with E-state index in [1.165, 1.54) is 6.20 Å². The zero-order chi connectivity index (χ0) is 16.3. The molecule has 0 atom stereocenters. The number of anilines is 2. The molecule has 1 heterocycles. The molecule has 6 nitrogen and oxygen atoms in total. The summed E-state index contributed by atoms with van der Waals surface area (Å²) < 4.78 is 0.541. The molecular weight excluding hydrogens is 393 g/mol. The Morgan fingerprint density at radius 1 is 1.45 bits per heavy atom. The van der Waals surface area contributed by atoms with Crippen LogP contribution in [0.5, 0.6) is 0 Å². The highest BCUT2D eigenvalue weighted by Gasteiger charge is 2.14. The summed E-state index contributed by atoms with van der Waals surface area (Å²) in [5.41, 5.74) is 8.92. The number of nitrogens with zero attached hydrogens (tertiary/aromatic N) is 2. The first-order valence-electron chi connectivity index (χ1n) is 6.28. The molecule has 0 radical (unpaired) electrons. The summed E-state index contributed by atoms with van der Waals surface area (Å²) in [6, 6.07) is 8.67. The number of nitriles is 1. The zero-order valence-electron chi connectivity index (χ0n) is 11.7. The van der Waals surface area contributed by atoms with E-state index in [1.54, 1.807) is 31.2 Å². The predicted octanol–water partition coefficient (Wildman–Crippen LogP) is 1.04. The van der Waals surface area contributed by atoms with E-state index in [9.17, 15) is 4.79 Å². The molecule has 0 bridgehead atoms. The molecule has 0 aliphatic carbocycles. The smallest absolute Gasteiger partial charge is 0.274 e. The average Bonchev–Trinajstić information content (AvgIpc) is 2.48. The molecule has 0 aliphatic heterocycles. The van der Waals surface area contributed by atoms with E-state index in [0.29, 0.717) is 31.8 Å². The molecule has 0 saturated carbocycles. The first-order chi connectivity index (χ1) is 10.4. The Balaban J connectivity index is 2.28. The maximum atomic E-state index is 12.3. The van der Waals surface area contributed by atoms with Crippen LogP contribution in [0.2, 0.25) is 0 Å². The summed E-state index contributed by atoms with van der Waals surface area (Å²) in [6.07, 6.45) is 1.37. The van der Waals surface area contributed by atoms with Gasteiger partial charge in [0.1, 0.15) is 11.8 Å². The number of amides is 1. The fraction of sp³-hybridized carbons (Fsp3) is 0.0667. The van der Waals surface area contributed by atoms with Crippen molar-refractivity contribution in [3.05, 3.63) is 52.8 Å².